The van der Waals surface area contributed by atoms with Gasteiger partial charge < -0.3 is 10.2 Å². The van der Waals surface area contributed by atoms with Crippen LogP contribution in [0.15, 0.2) is 0 Å². The van der Waals surface area contributed by atoms with Crippen molar-refractivity contribution in [3.63, 3.8) is 0 Å². The van der Waals surface area contributed by atoms with Crippen molar-refractivity contribution in [2.45, 2.75) is 65.0 Å². The Balaban J connectivity index is 4.30. The third-order valence-electron chi connectivity index (χ3n) is 3.56. The molecule has 0 radical (unpaired) electrons. The first-order valence-electron chi connectivity index (χ1n) is 6.38. The van der Waals surface area contributed by atoms with Crippen molar-refractivity contribution in [1.82, 2.24) is 10.2 Å². The van der Waals surface area contributed by atoms with Crippen molar-refractivity contribution < 1.29 is 4.79 Å². The highest BCUT2D eigenvalue weighted by Crippen LogP contribution is 2.20. The van der Waals surface area contributed by atoms with Crippen molar-refractivity contribution in [3.05, 3.63) is 0 Å². The Labute approximate surface area is 101 Å². The Morgan fingerprint density at radius 2 is 1.62 bits per heavy atom. The Hall–Kier alpha value is -0.570. The standard InChI is InChI=1S/C13H28N2O/c1-7-13(8-2,9-3)14-11(4)10-12(16)15(5)6/h11,14H,7-10H2,1-6H3. The van der Waals surface area contributed by atoms with Crippen molar-refractivity contribution in [1.29, 1.82) is 0 Å². The van der Waals surface area contributed by atoms with E-state index in [1.807, 2.05) is 14.1 Å². The minimum Gasteiger partial charge on any atom is -0.349 e. The fourth-order valence-corrected chi connectivity index (χ4v) is 2.07. The average Bonchev–Trinajstić information content (AvgIpc) is 2.26. The number of hydrogen-bond acceptors (Lipinski definition) is 2. The highest BCUT2D eigenvalue weighted by molar-refractivity contribution is 5.76. The molecule has 0 aliphatic heterocycles. The Bertz CT molecular complexity index is 202. The van der Waals surface area contributed by atoms with E-state index in [0.717, 1.165) is 19.3 Å². The fourth-order valence-electron chi connectivity index (χ4n) is 2.07. The van der Waals surface area contributed by atoms with Gasteiger partial charge in [0, 0.05) is 32.1 Å². The number of amides is 1. The van der Waals surface area contributed by atoms with Gasteiger partial charge >= 0.3 is 0 Å². The number of carbonyl (C=O) groups excluding carboxylic acids is 1. The van der Waals surface area contributed by atoms with Gasteiger partial charge in [0.25, 0.3) is 0 Å². The van der Waals surface area contributed by atoms with Gasteiger partial charge in [-0.05, 0) is 26.2 Å². The number of nitrogens with zero attached hydrogens (tertiary/aromatic N) is 1. The van der Waals surface area contributed by atoms with Crippen LogP contribution in [0.1, 0.15) is 53.4 Å². The summed E-state index contributed by atoms with van der Waals surface area (Å²) in [7, 11) is 3.61. The Kier molecular flexibility index (Phi) is 6.65. The van der Waals surface area contributed by atoms with Crippen molar-refractivity contribution >= 4 is 5.91 Å². The lowest BCUT2D eigenvalue weighted by Crippen LogP contribution is -2.49. The van der Waals surface area contributed by atoms with E-state index in [2.05, 4.69) is 33.0 Å². The van der Waals surface area contributed by atoms with Crippen molar-refractivity contribution in [2.24, 2.45) is 0 Å². The Morgan fingerprint density at radius 1 is 1.19 bits per heavy atom. The molecule has 0 rings (SSSR count). The van der Waals surface area contributed by atoms with Gasteiger partial charge in [-0.2, -0.15) is 0 Å². The summed E-state index contributed by atoms with van der Waals surface area (Å²) in [4.78, 5) is 13.2. The van der Waals surface area contributed by atoms with Gasteiger partial charge in [-0.1, -0.05) is 20.8 Å². The Morgan fingerprint density at radius 3 is 1.94 bits per heavy atom. The van der Waals surface area contributed by atoms with E-state index < -0.39 is 0 Å². The molecule has 16 heavy (non-hydrogen) atoms. The number of hydrogen-bond donors (Lipinski definition) is 1. The molecule has 1 atom stereocenters. The van der Waals surface area contributed by atoms with Gasteiger partial charge in [-0.3, -0.25) is 4.79 Å². The molecule has 0 fully saturated rings. The molecule has 0 saturated heterocycles. The molecule has 0 aliphatic rings. The maximum atomic E-state index is 11.6. The largest absolute Gasteiger partial charge is 0.349 e. The van der Waals surface area contributed by atoms with Crippen LogP contribution < -0.4 is 5.32 Å². The van der Waals surface area contributed by atoms with Gasteiger partial charge in [-0.15, -0.1) is 0 Å². The summed E-state index contributed by atoms with van der Waals surface area (Å²) >= 11 is 0. The molecule has 0 saturated carbocycles. The minimum atomic E-state index is 0.192. The van der Waals surface area contributed by atoms with E-state index in [9.17, 15) is 4.79 Å². The smallest absolute Gasteiger partial charge is 0.223 e. The molecule has 3 heteroatoms. The number of carbonyl (C=O) groups is 1. The molecule has 1 unspecified atom stereocenters. The van der Waals surface area contributed by atoms with Crippen LogP contribution in [0.5, 0.6) is 0 Å². The lowest BCUT2D eigenvalue weighted by molar-refractivity contribution is -0.129. The lowest BCUT2D eigenvalue weighted by atomic mass is 9.88. The molecule has 0 aromatic rings. The highest BCUT2D eigenvalue weighted by Gasteiger charge is 2.26. The fraction of sp³-hybridized carbons (Fsp3) is 0.923. The summed E-state index contributed by atoms with van der Waals surface area (Å²) in [6.07, 6.45) is 3.91. The number of nitrogens with one attached hydrogen (secondary N) is 1. The zero-order valence-corrected chi connectivity index (χ0v) is 11.8. The maximum Gasteiger partial charge on any atom is 0.223 e. The second-order valence-corrected chi connectivity index (χ2v) is 4.88. The van der Waals surface area contributed by atoms with Crippen LogP contribution in [-0.4, -0.2) is 36.5 Å². The molecule has 1 amide bonds. The second kappa shape index (κ2) is 6.89. The first-order valence-corrected chi connectivity index (χ1v) is 6.38. The predicted octanol–water partition coefficient (Wildman–Crippen LogP) is 2.41. The van der Waals surface area contributed by atoms with E-state index in [0.29, 0.717) is 6.42 Å². The zero-order chi connectivity index (χ0) is 12.8. The first-order chi connectivity index (χ1) is 7.40. The summed E-state index contributed by atoms with van der Waals surface area (Å²) < 4.78 is 0. The first kappa shape index (κ1) is 15.4. The van der Waals surface area contributed by atoms with Crippen LogP contribution in [0.2, 0.25) is 0 Å². The summed E-state index contributed by atoms with van der Waals surface area (Å²) in [6, 6.07) is 0.245. The van der Waals surface area contributed by atoms with Crippen LogP contribution in [0.25, 0.3) is 0 Å². The monoisotopic (exact) mass is 228 g/mol. The van der Waals surface area contributed by atoms with E-state index >= 15 is 0 Å². The highest BCUT2D eigenvalue weighted by atomic mass is 16.2. The summed E-state index contributed by atoms with van der Waals surface area (Å²) in [5.41, 5.74) is 0.200. The quantitative estimate of drug-likeness (QED) is 0.726. The molecule has 1 N–H and O–H groups in total. The van der Waals surface area contributed by atoms with E-state index in [1.165, 1.54) is 0 Å². The molecule has 0 bridgehead atoms. The van der Waals surface area contributed by atoms with Gasteiger partial charge in [0.2, 0.25) is 5.91 Å². The predicted molar refractivity (Wildman–Crippen MR) is 69.5 cm³/mol. The maximum absolute atomic E-state index is 11.6. The van der Waals surface area contributed by atoms with Crippen molar-refractivity contribution in [2.75, 3.05) is 14.1 Å². The topological polar surface area (TPSA) is 32.3 Å². The van der Waals surface area contributed by atoms with Crippen LogP contribution in [-0.2, 0) is 4.79 Å². The molecule has 0 aliphatic carbocycles. The zero-order valence-electron chi connectivity index (χ0n) is 11.8. The van der Waals surface area contributed by atoms with Crippen molar-refractivity contribution in [3.8, 4) is 0 Å². The van der Waals surface area contributed by atoms with Gasteiger partial charge in [0.05, 0.1) is 0 Å². The molecule has 3 nitrogen and oxygen atoms in total. The minimum absolute atomic E-state index is 0.192. The molecular weight excluding hydrogens is 200 g/mol. The van der Waals surface area contributed by atoms with Crippen LogP contribution in [0, 0.1) is 0 Å². The van der Waals surface area contributed by atoms with E-state index in [4.69, 9.17) is 0 Å². The molecule has 96 valence electrons. The van der Waals surface area contributed by atoms with Crippen LogP contribution in [0.4, 0.5) is 0 Å². The van der Waals surface area contributed by atoms with Gasteiger partial charge in [0.15, 0.2) is 0 Å². The van der Waals surface area contributed by atoms with Crippen LogP contribution in [0.3, 0.4) is 0 Å². The summed E-state index contributed by atoms with van der Waals surface area (Å²) in [5, 5.41) is 3.62. The third-order valence-corrected chi connectivity index (χ3v) is 3.56. The molecule has 0 heterocycles. The lowest BCUT2D eigenvalue weighted by Gasteiger charge is -2.35. The normalized spacial score (nSPS) is 13.6. The summed E-state index contributed by atoms with van der Waals surface area (Å²) in [5.74, 6) is 0.192. The van der Waals surface area contributed by atoms with Crippen LogP contribution >= 0.6 is 0 Å². The average molecular weight is 228 g/mol. The summed E-state index contributed by atoms with van der Waals surface area (Å²) in [6.45, 7) is 8.72. The molecular formula is C13H28N2O. The second-order valence-electron chi connectivity index (χ2n) is 4.88. The SMILES string of the molecule is CCC(CC)(CC)NC(C)CC(=O)N(C)C. The van der Waals surface area contributed by atoms with E-state index in [-0.39, 0.29) is 17.5 Å². The van der Waals surface area contributed by atoms with E-state index in [1.54, 1.807) is 4.90 Å². The molecule has 0 aromatic carbocycles. The van der Waals surface area contributed by atoms with Gasteiger partial charge in [-0.25, -0.2) is 0 Å². The number of rotatable bonds is 7. The molecule has 0 spiro atoms. The third kappa shape index (κ3) is 4.52. The van der Waals surface area contributed by atoms with Gasteiger partial charge in [0.1, 0.15) is 0 Å². The molecule has 0 aromatic heterocycles.